The van der Waals surface area contributed by atoms with Gasteiger partial charge in [-0.15, -0.1) is 0 Å². The standard InChI is InChI=1S/C23H24N2O4S/c1-3-25(17-10-8-9-16(2)15-17)30(28,29)23-20(24-13-6-7-14-24)21(26)18-11-4-5-12-19(18)22(23)27/h4-5,8-12,15H,3,6-7,13-14H2,1-2H3. The SMILES string of the molecule is CCN(c1cccc(C)c1)S(=O)(=O)C1=C(N2CCCC2)C(=O)c2ccccc2C1=O. The number of nitrogens with zero attached hydrogens (tertiary/aromatic N) is 2. The van der Waals surface area contributed by atoms with E-state index < -0.39 is 26.5 Å². The van der Waals surface area contributed by atoms with E-state index >= 15 is 0 Å². The van der Waals surface area contributed by atoms with Crippen molar-refractivity contribution in [2.24, 2.45) is 0 Å². The van der Waals surface area contributed by atoms with Crippen molar-refractivity contribution in [2.45, 2.75) is 26.7 Å². The lowest BCUT2D eigenvalue weighted by Gasteiger charge is -2.31. The Hall–Kier alpha value is -2.93. The second kappa shape index (κ2) is 7.72. The monoisotopic (exact) mass is 424 g/mol. The number of likely N-dealkylation sites (tertiary alicyclic amines) is 1. The van der Waals surface area contributed by atoms with Gasteiger partial charge in [0, 0.05) is 30.8 Å². The highest BCUT2D eigenvalue weighted by atomic mass is 32.2. The molecule has 156 valence electrons. The van der Waals surface area contributed by atoms with E-state index in [0.717, 1.165) is 18.4 Å². The third-order valence-corrected chi connectivity index (χ3v) is 7.54. The molecular formula is C23H24N2O4S. The molecule has 2 aromatic carbocycles. The summed E-state index contributed by atoms with van der Waals surface area (Å²) in [4.78, 5) is 28.2. The molecule has 1 heterocycles. The highest BCUT2D eigenvalue weighted by Crippen LogP contribution is 2.35. The zero-order chi connectivity index (χ0) is 21.5. The molecule has 1 aliphatic carbocycles. The average Bonchev–Trinajstić information content (AvgIpc) is 3.25. The number of carbonyl (C=O) groups excluding carboxylic acids is 2. The molecule has 2 aromatic rings. The van der Waals surface area contributed by atoms with Crippen LogP contribution in [0.3, 0.4) is 0 Å². The molecule has 4 rings (SSSR count). The highest BCUT2D eigenvalue weighted by molar-refractivity contribution is 7.97. The van der Waals surface area contributed by atoms with Gasteiger partial charge in [0.1, 0.15) is 5.70 Å². The molecule has 7 heteroatoms. The molecule has 0 aromatic heterocycles. The number of allylic oxidation sites excluding steroid dienone is 2. The van der Waals surface area contributed by atoms with Crippen LogP contribution in [-0.4, -0.2) is 44.5 Å². The third-order valence-electron chi connectivity index (χ3n) is 5.60. The Morgan fingerprint density at radius 2 is 1.57 bits per heavy atom. The summed E-state index contributed by atoms with van der Waals surface area (Å²) >= 11 is 0. The number of sulfonamides is 1. The van der Waals surface area contributed by atoms with Gasteiger partial charge in [-0.05, 0) is 44.4 Å². The summed E-state index contributed by atoms with van der Waals surface area (Å²) in [5, 5.41) is 0. The second-order valence-electron chi connectivity index (χ2n) is 7.58. The first-order chi connectivity index (χ1) is 14.4. The van der Waals surface area contributed by atoms with Crippen molar-refractivity contribution in [1.82, 2.24) is 4.90 Å². The molecule has 30 heavy (non-hydrogen) atoms. The minimum absolute atomic E-state index is 0.0160. The summed E-state index contributed by atoms with van der Waals surface area (Å²) in [6.07, 6.45) is 1.71. The molecule has 0 unspecified atom stereocenters. The Morgan fingerprint density at radius 3 is 2.17 bits per heavy atom. The fraction of sp³-hybridized carbons (Fsp3) is 0.304. The number of Topliss-reactive ketones (excluding diaryl/α,β-unsaturated/α-hetero) is 2. The van der Waals surface area contributed by atoms with Crippen LogP contribution in [0.15, 0.2) is 59.1 Å². The number of hydrogen-bond donors (Lipinski definition) is 0. The van der Waals surface area contributed by atoms with Gasteiger partial charge in [0.25, 0.3) is 10.0 Å². The zero-order valence-electron chi connectivity index (χ0n) is 17.1. The maximum Gasteiger partial charge on any atom is 0.270 e. The zero-order valence-corrected chi connectivity index (χ0v) is 17.9. The Balaban J connectivity index is 1.95. The van der Waals surface area contributed by atoms with Gasteiger partial charge in [-0.3, -0.25) is 13.9 Å². The average molecular weight is 425 g/mol. The third kappa shape index (κ3) is 3.23. The Kier molecular flexibility index (Phi) is 5.24. The number of rotatable bonds is 5. The van der Waals surface area contributed by atoms with Gasteiger partial charge in [0.15, 0.2) is 4.91 Å². The molecule has 1 aliphatic heterocycles. The number of ketones is 2. The van der Waals surface area contributed by atoms with E-state index in [4.69, 9.17) is 0 Å². The Labute approximate surface area is 176 Å². The van der Waals surface area contributed by atoms with Crippen LogP contribution < -0.4 is 4.31 Å². The maximum atomic E-state index is 13.8. The van der Waals surface area contributed by atoms with Crippen LogP contribution in [0.1, 0.15) is 46.0 Å². The number of aryl methyl sites for hydroxylation is 1. The molecule has 0 bridgehead atoms. The van der Waals surface area contributed by atoms with Crippen molar-refractivity contribution in [3.05, 3.63) is 75.8 Å². The minimum atomic E-state index is -4.25. The summed E-state index contributed by atoms with van der Waals surface area (Å²) in [5.41, 5.74) is 1.81. The minimum Gasteiger partial charge on any atom is -0.367 e. The van der Waals surface area contributed by atoms with E-state index in [2.05, 4.69) is 0 Å². The van der Waals surface area contributed by atoms with Crippen LogP contribution in [0.25, 0.3) is 0 Å². The lowest BCUT2D eigenvalue weighted by Crippen LogP contribution is -2.41. The fourth-order valence-electron chi connectivity index (χ4n) is 4.19. The number of benzene rings is 2. The molecular weight excluding hydrogens is 400 g/mol. The second-order valence-corrected chi connectivity index (χ2v) is 9.38. The summed E-state index contributed by atoms with van der Waals surface area (Å²) < 4.78 is 28.9. The smallest absolute Gasteiger partial charge is 0.270 e. The molecule has 6 nitrogen and oxygen atoms in total. The van der Waals surface area contributed by atoms with E-state index in [1.54, 1.807) is 48.2 Å². The van der Waals surface area contributed by atoms with Crippen molar-refractivity contribution in [2.75, 3.05) is 23.9 Å². The first-order valence-electron chi connectivity index (χ1n) is 10.1. The number of hydrogen-bond acceptors (Lipinski definition) is 5. The van der Waals surface area contributed by atoms with Crippen LogP contribution >= 0.6 is 0 Å². The van der Waals surface area contributed by atoms with E-state index in [1.807, 2.05) is 13.0 Å². The van der Waals surface area contributed by atoms with Gasteiger partial charge in [0.2, 0.25) is 11.6 Å². The molecule has 2 aliphatic rings. The summed E-state index contributed by atoms with van der Waals surface area (Å²) in [6.45, 7) is 4.87. The number of anilines is 1. The molecule has 0 radical (unpaired) electrons. The van der Waals surface area contributed by atoms with Gasteiger partial charge in [-0.2, -0.15) is 0 Å². The van der Waals surface area contributed by atoms with E-state index in [9.17, 15) is 18.0 Å². The molecule has 0 saturated carbocycles. The highest BCUT2D eigenvalue weighted by Gasteiger charge is 2.44. The molecule has 0 atom stereocenters. The van der Waals surface area contributed by atoms with Gasteiger partial charge >= 0.3 is 0 Å². The van der Waals surface area contributed by atoms with Crippen molar-refractivity contribution in [1.29, 1.82) is 0 Å². The van der Waals surface area contributed by atoms with Crippen LogP contribution in [0.4, 0.5) is 5.69 Å². The van der Waals surface area contributed by atoms with Gasteiger partial charge < -0.3 is 4.90 Å². The van der Waals surface area contributed by atoms with E-state index in [1.165, 1.54) is 10.4 Å². The van der Waals surface area contributed by atoms with Crippen molar-refractivity contribution in [3.63, 3.8) is 0 Å². The predicted octanol–water partition coefficient (Wildman–Crippen LogP) is 3.54. The molecule has 0 N–H and O–H groups in total. The number of carbonyl (C=O) groups is 2. The lowest BCUT2D eigenvalue weighted by atomic mass is 9.92. The molecule has 1 fully saturated rings. The van der Waals surface area contributed by atoms with Gasteiger partial charge in [-0.25, -0.2) is 8.42 Å². The fourth-order valence-corrected chi connectivity index (χ4v) is 5.95. The van der Waals surface area contributed by atoms with Gasteiger partial charge in [-0.1, -0.05) is 36.4 Å². The Bertz CT molecular complexity index is 1160. The van der Waals surface area contributed by atoms with Crippen LogP contribution in [0, 0.1) is 6.92 Å². The molecule has 0 spiro atoms. The van der Waals surface area contributed by atoms with E-state index in [-0.39, 0.29) is 23.4 Å². The summed E-state index contributed by atoms with van der Waals surface area (Å²) in [6, 6.07) is 13.6. The first kappa shape index (κ1) is 20.3. The lowest BCUT2D eigenvalue weighted by molar-refractivity contribution is 0.0953. The topological polar surface area (TPSA) is 74.8 Å². The van der Waals surface area contributed by atoms with Gasteiger partial charge in [0.05, 0.1) is 5.69 Å². The number of fused-ring (bicyclic) bond motifs is 1. The Morgan fingerprint density at radius 1 is 0.933 bits per heavy atom. The normalized spacial score (nSPS) is 16.8. The maximum absolute atomic E-state index is 13.8. The van der Waals surface area contributed by atoms with Crippen LogP contribution in [-0.2, 0) is 10.0 Å². The van der Waals surface area contributed by atoms with Crippen molar-refractivity contribution < 1.29 is 18.0 Å². The van der Waals surface area contributed by atoms with Crippen LogP contribution in [0.5, 0.6) is 0 Å². The first-order valence-corrected chi connectivity index (χ1v) is 11.6. The quantitative estimate of drug-likeness (QED) is 0.734. The van der Waals surface area contributed by atoms with Crippen molar-refractivity contribution in [3.8, 4) is 0 Å². The van der Waals surface area contributed by atoms with E-state index in [0.29, 0.717) is 18.8 Å². The summed E-state index contributed by atoms with van der Waals surface area (Å²) in [7, 11) is -4.25. The summed E-state index contributed by atoms with van der Waals surface area (Å²) in [5.74, 6) is -1.01. The van der Waals surface area contributed by atoms with Crippen molar-refractivity contribution >= 4 is 27.3 Å². The predicted molar refractivity (Wildman–Crippen MR) is 116 cm³/mol. The largest absolute Gasteiger partial charge is 0.367 e. The molecule has 1 saturated heterocycles. The van der Waals surface area contributed by atoms with Crippen LogP contribution in [0.2, 0.25) is 0 Å². The molecule has 0 amide bonds.